The largest absolute Gasteiger partial charge is 0.507 e. The first kappa shape index (κ1) is 26.1. The molecule has 1 aliphatic rings. The minimum atomic E-state index is -0.782. The number of likely N-dealkylation sites (tertiary alicyclic amines) is 1. The highest BCUT2D eigenvalue weighted by molar-refractivity contribution is 6.46. The number of ether oxygens (including phenoxy) is 2. The molecule has 0 spiro atoms. The number of hydrogen-bond acceptors (Lipinski definition) is 6. The Morgan fingerprint density at radius 2 is 1.49 bits per heavy atom. The molecule has 0 aliphatic carbocycles. The molecule has 0 radical (unpaired) electrons. The van der Waals surface area contributed by atoms with Crippen LogP contribution in [0.15, 0.2) is 76.9 Å². The molecular weight excluding hydrogens is 470 g/mol. The van der Waals surface area contributed by atoms with E-state index >= 15 is 0 Å². The third kappa shape index (κ3) is 6.05. The second-order valence-corrected chi connectivity index (χ2v) is 9.00. The summed E-state index contributed by atoms with van der Waals surface area (Å²) in [6.07, 6.45) is 5.48. The highest BCUT2D eigenvalue weighted by Gasteiger charge is 2.46. The molecule has 2 aromatic carbocycles. The zero-order valence-electron chi connectivity index (χ0n) is 21.3. The molecule has 1 aliphatic heterocycles. The van der Waals surface area contributed by atoms with Crippen LogP contribution < -0.4 is 9.47 Å². The Bertz CT molecular complexity index is 1210. The number of aliphatic hydroxyl groups excluding tert-OH is 1. The van der Waals surface area contributed by atoms with Crippen molar-refractivity contribution in [3.8, 4) is 11.5 Å². The van der Waals surface area contributed by atoms with E-state index < -0.39 is 17.7 Å². The average Bonchev–Trinajstić information content (AvgIpc) is 3.52. The van der Waals surface area contributed by atoms with E-state index in [1.54, 1.807) is 36.4 Å². The summed E-state index contributed by atoms with van der Waals surface area (Å²) in [4.78, 5) is 27.8. The fraction of sp³-hybridized carbons (Fsp3) is 0.333. The van der Waals surface area contributed by atoms with Gasteiger partial charge in [-0.25, -0.2) is 0 Å². The molecule has 0 saturated carbocycles. The third-order valence-corrected chi connectivity index (χ3v) is 6.30. The van der Waals surface area contributed by atoms with E-state index in [9.17, 15) is 14.7 Å². The maximum absolute atomic E-state index is 13.2. The molecule has 1 atom stereocenters. The van der Waals surface area contributed by atoms with Gasteiger partial charge in [0.25, 0.3) is 11.7 Å². The monoisotopic (exact) mass is 503 g/mol. The van der Waals surface area contributed by atoms with E-state index in [2.05, 4.69) is 13.8 Å². The number of ketones is 1. The van der Waals surface area contributed by atoms with Crippen LogP contribution in [0.1, 0.15) is 62.5 Å². The maximum Gasteiger partial charge on any atom is 0.296 e. The van der Waals surface area contributed by atoms with Crippen molar-refractivity contribution in [1.29, 1.82) is 0 Å². The summed E-state index contributed by atoms with van der Waals surface area (Å²) < 4.78 is 16.9. The first-order valence-electron chi connectivity index (χ1n) is 12.8. The van der Waals surface area contributed by atoms with Gasteiger partial charge >= 0.3 is 0 Å². The normalized spacial score (nSPS) is 16.8. The Labute approximate surface area is 217 Å². The van der Waals surface area contributed by atoms with E-state index in [-0.39, 0.29) is 17.9 Å². The lowest BCUT2D eigenvalue weighted by Gasteiger charge is -2.24. The molecular formula is C30H33NO6. The zero-order valence-corrected chi connectivity index (χ0v) is 21.3. The third-order valence-electron chi connectivity index (χ3n) is 6.30. The number of unbranched alkanes of at least 4 members (excludes halogenated alkanes) is 2. The predicted octanol–water partition coefficient (Wildman–Crippen LogP) is 6.26. The number of furan rings is 1. The summed E-state index contributed by atoms with van der Waals surface area (Å²) in [7, 11) is 0. The molecule has 194 valence electrons. The van der Waals surface area contributed by atoms with E-state index in [0.717, 1.165) is 25.7 Å². The van der Waals surface area contributed by atoms with Crippen LogP contribution in [0.25, 0.3) is 5.76 Å². The second-order valence-electron chi connectivity index (χ2n) is 9.00. The Morgan fingerprint density at radius 3 is 2.03 bits per heavy atom. The maximum atomic E-state index is 13.2. The number of amides is 1. The molecule has 1 saturated heterocycles. The van der Waals surface area contributed by atoms with Crippen LogP contribution >= 0.6 is 0 Å². The van der Waals surface area contributed by atoms with Crippen LogP contribution in [0.5, 0.6) is 11.5 Å². The first-order chi connectivity index (χ1) is 18.0. The zero-order chi connectivity index (χ0) is 26.2. The number of nitrogens with zero attached hydrogens (tertiary/aromatic N) is 1. The van der Waals surface area contributed by atoms with Gasteiger partial charge in [0, 0.05) is 5.56 Å². The summed E-state index contributed by atoms with van der Waals surface area (Å²) in [5.74, 6) is 0.275. The van der Waals surface area contributed by atoms with Gasteiger partial charge in [-0.1, -0.05) is 38.8 Å². The molecule has 1 aromatic heterocycles. The van der Waals surface area contributed by atoms with E-state index in [1.165, 1.54) is 11.2 Å². The smallest absolute Gasteiger partial charge is 0.296 e. The molecule has 1 fully saturated rings. The van der Waals surface area contributed by atoms with Gasteiger partial charge < -0.3 is 23.9 Å². The minimum Gasteiger partial charge on any atom is -0.507 e. The van der Waals surface area contributed by atoms with Crippen molar-refractivity contribution in [3.63, 3.8) is 0 Å². The molecule has 7 heteroatoms. The van der Waals surface area contributed by atoms with Crippen molar-refractivity contribution < 1.29 is 28.6 Å². The molecule has 37 heavy (non-hydrogen) atoms. The van der Waals surface area contributed by atoms with Gasteiger partial charge in [-0.05, 0) is 66.9 Å². The molecule has 1 N–H and O–H groups in total. The number of benzene rings is 2. The van der Waals surface area contributed by atoms with Crippen molar-refractivity contribution in [2.75, 3.05) is 13.2 Å². The number of hydrogen-bond donors (Lipinski definition) is 1. The van der Waals surface area contributed by atoms with Gasteiger partial charge in [0.2, 0.25) is 0 Å². The summed E-state index contributed by atoms with van der Waals surface area (Å²) >= 11 is 0. The summed E-state index contributed by atoms with van der Waals surface area (Å²) in [5.41, 5.74) is 1.16. The quantitative estimate of drug-likeness (QED) is 0.136. The predicted molar refractivity (Wildman–Crippen MR) is 140 cm³/mol. The highest BCUT2D eigenvalue weighted by atomic mass is 16.5. The van der Waals surface area contributed by atoms with Crippen LogP contribution in [-0.4, -0.2) is 34.9 Å². The topological polar surface area (TPSA) is 89.2 Å². The Hall–Kier alpha value is -4.00. The second kappa shape index (κ2) is 12.3. The molecule has 1 unspecified atom stereocenters. The molecule has 1 amide bonds. The first-order valence-corrected chi connectivity index (χ1v) is 12.8. The molecule has 4 rings (SSSR count). The number of rotatable bonds is 12. The average molecular weight is 504 g/mol. The minimum absolute atomic E-state index is 0.0378. The molecule has 3 aromatic rings. The van der Waals surface area contributed by atoms with Gasteiger partial charge in [-0.15, -0.1) is 0 Å². The summed E-state index contributed by atoms with van der Waals surface area (Å²) in [6, 6.07) is 16.9. The van der Waals surface area contributed by atoms with E-state index in [1.807, 2.05) is 24.3 Å². The van der Waals surface area contributed by atoms with Gasteiger partial charge in [0.05, 0.1) is 37.6 Å². The van der Waals surface area contributed by atoms with E-state index in [4.69, 9.17) is 13.9 Å². The fourth-order valence-corrected chi connectivity index (χ4v) is 4.24. The van der Waals surface area contributed by atoms with Gasteiger partial charge in [0.1, 0.15) is 23.0 Å². The Kier molecular flexibility index (Phi) is 8.67. The molecule has 2 heterocycles. The lowest BCUT2D eigenvalue weighted by molar-refractivity contribution is -0.140. The van der Waals surface area contributed by atoms with Gasteiger partial charge in [-0.3, -0.25) is 9.59 Å². The molecule has 0 bridgehead atoms. The van der Waals surface area contributed by atoms with Crippen molar-refractivity contribution >= 4 is 17.4 Å². The summed E-state index contributed by atoms with van der Waals surface area (Å²) in [5, 5.41) is 11.3. The number of carbonyl (C=O) groups excluding carboxylic acids is 2. The standard InChI is InChI=1S/C30H33NO6/c1-3-5-17-35-23-13-9-21(10-14-23)27-26(29(33)30(34)31(27)20-25-8-7-19-37-25)28(32)22-11-15-24(16-12-22)36-18-6-4-2/h7-16,19,27,32H,3-6,17-18,20H2,1-2H3/b28-26-. The lowest BCUT2D eigenvalue weighted by atomic mass is 9.95. The van der Waals surface area contributed by atoms with E-state index in [0.29, 0.717) is 41.6 Å². The number of carbonyl (C=O) groups is 2. The van der Waals surface area contributed by atoms with Crippen LogP contribution in [0.4, 0.5) is 0 Å². The van der Waals surface area contributed by atoms with Gasteiger partial charge in [-0.2, -0.15) is 0 Å². The van der Waals surface area contributed by atoms with Crippen molar-refractivity contribution in [1.82, 2.24) is 4.90 Å². The van der Waals surface area contributed by atoms with Crippen LogP contribution in [-0.2, 0) is 16.1 Å². The Morgan fingerprint density at radius 1 is 0.892 bits per heavy atom. The SMILES string of the molecule is CCCCOc1ccc(/C(O)=C2/C(=O)C(=O)N(Cc3ccco3)C2c2ccc(OCCCC)cc2)cc1. The highest BCUT2D eigenvalue weighted by Crippen LogP contribution is 2.41. The van der Waals surface area contributed by atoms with Crippen molar-refractivity contribution in [2.24, 2.45) is 0 Å². The van der Waals surface area contributed by atoms with Crippen LogP contribution in [0, 0.1) is 0 Å². The number of Topliss-reactive ketones (excluding diaryl/α,β-unsaturated/α-hetero) is 1. The van der Waals surface area contributed by atoms with Crippen molar-refractivity contribution in [3.05, 3.63) is 89.4 Å². The van der Waals surface area contributed by atoms with Crippen LogP contribution in [0.2, 0.25) is 0 Å². The molecule has 7 nitrogen and oxygen atoms in total. The van der Waals surface area contributed by atoms with Gasteiger partial charge in [0.15, 0.2) is 0 Å². The Balaban J connectivity index is 1.68. The number of aliphatic hydroxyl groups is 1. The van der Waals surface area contributed by atoms with Crippen molar-refractivity contribution in [2.45, 2.75) is 52.1 Å². The fourth-order valence-electron chi connectivity index (χ4n) is 4.24. The lowest BCUT2D eigenvalue weighted by Crippen LogP contribution is -2.29. The van der Waals surface area contributed by atoms with Crippen LogP contribution in [0.3, 0.4) is 0 Å². The summed E-state index contributed by atoms with van der Waals surface area (Å²) in [6.45, 7) is 5.51.